The van der Waals surface area contributed by atoms with Crippen molar-refractivity contribution in [3.8, 4) is 11.3 Å². The molecule has 1 saturated heterocycles. The summed E-state index contributed by atoms with van der Waals surface area (Å²) in [5.41, 5.74) is -0.788. The maximum atomic E-state index is 15.0. The third-order valence-corrected chi connectivity index (χ3v) is 6.93. The molecule has 3 aromatic heterocycles. The summed E-state index contributed by atoms with van der Waals surface area (Å²) in [6.45, 7) is 0.420. The van der Waals surface area contributed by atoms with Crippen LogP contribution in [-0.4, -0.2) is 36.1 Å². The van der Waals surface area contributed by atoms with E-state index in [9.17, 15) is 18.0 Å². The normalized spacial score (nSPS) is 20.5. The lowest BCUT2D eigenvalue weighted by Crippen LogP contribution is -2.24. The second kappa shape index (κ2) is 8.72. The van der Waals surface area contributed by atoms with E-state index < -0.39 is 23.1 Å². The van der Waals surface area contributed by atoms with Crippen LogP contribution in [0.5, 0.6) is 0 Å². The zero-order valence-electron chi connectivity index (χ0n) is 19.7. The predicted molar refractivity (Wildman–Crippen MR) is 124 cm³/mol. The Morgan fingerprint density at radius 1 is 1.08 bits per heavy atom. The van der Waals surface area contributed by atoms with Crippen molar-refractivity contribution in [2.45, 2.75) is 49.9 Å². The zero-order chi connectivity index (χ0) is 25.9. The number of aryl methyl sites for hydroxylation is 1. The molecule has 0 bridgehead atoms. The van der Waals surface area contributed by atoms with Gasteiger partial charge in [-0.3, -0.25) is 9.48 Å². The number of hydrogen-bond donors (Lipinski definition) is 0. The third-order valence-electron chi connectivity index (χ3n) is 6.93. The van der Waals surface area contributed by atoms with Crippen LogP contribution in [0.1, 0.15) is 60.7 Å². The Balaban J connectivity index is 1.43. The van der Waals surface area contributed by atoms with Crippen molar-refractivity contribution in [3.63, 3.8) is 0 Å². The quantitative estimate of drug-likeness (QED) is 0.367. The second-order valence-electron chi connectivity index (χ2n) is 9.52. The molecule has 0 N–H and O–H groups in total. The number of nitrogens with zero attached hydrogens (tertiary/aromatic N) is 6. The topological polar surface area (TPSA) is 87.7 Å². The lowest BCUT2D eigenvalue weighted by atomic mass is 9.92. The summed E-state index contributed by atoms with van der Waals surface area (Å²) in [7, 11) is 1.46. The Morgan fingerprint density at radius 2 is 1.89 bits per heavy atom. The zero-order valence-corrected chi connectivity index (χ0v) is 19.7. The molecular weight excluding hydrogens is 492 g/mol. The van der Waals surface area contributed by atoms with Crippen molar-refractivity contribution in [3.05, 3.63) is 69.9 Å². The van der Waals surface area contributed by atoms with Gasteiger partial charge in [-0.2, -0.15) is 23.4 Å². The fraction of sp³-hybridized carbons (Fsp3) is 0.400. The minimum absolute atomic E-state index is 0.0287. The minimum atomic E-state index is -4.69. The molecule has 4 heterocycles. The number of benzene rings is 1. The average Bonchev–Trinajstić information content (AvgIpc) is 3.61. The molecule has 0 amide bonds. The molecular formula is C25H22F4N6O2. The van der Waals surface area contributed by atoms with E-state index >= 15 is 4.39 Å². The van der Waals surface area contributed by atoms with E-state index in [1.807, 2.05) is 10.9 Å². The van der Waals surface area contributed by atoms with Crippen LogP contribution in [0.2, 0.25) is 0 Å². The van der Waals surface area contributed by atoms with E-state index in [1.54, 1.807) is 6.20 Å². The molecule has 2 aliphatic rings. The minimum Gasteiger partial charge on any atom is -0.373 e. The van der Waals surface area contributed by atoms with Gasteiger partial charge in [-0.1, -0.05) is 0 Å². The van der Waals surface area contributed by atoms with Crippen molar-refractivity contribution in [2.75, 3.05) is 6.61 Å². The smallest absolute Gasteiger partial charge is 0.373 e. The first-order valence-electron chi connectivity index (χ1n) is 12.0. The largest absolute Gasteiger partial charge is 0.416 e. The fourth-order valence-corrected chi connectivity index (χ4v) is 4.71. The van der Waals surface area contributed by atoms with Crippen LogP contribution < -0.4 is 5.56 Å². The summed E-state index contributed by atoms with van der Waals surface area (Å²) in [6, 6.07) is 2.69. The molecule has 6 rings (SSSR count). The van der Waals surface area contributed by atoms with Gasteiger partial charge < -0.3 is 4.74 Å². The number of halogens is 4. The van der Waals surface area contributed by atoms with Gasteiger partial charge in [-0.25, -0.2) is 19.0 Å². The number of ether oxygens (including phenoxy) is 1. The van der Waals surface area contributed by atoms with Crippen molar-refractivity contribution in [1.29, 1.82) is 0 Å². The summed E-state index contributed by atoms with van der Waals surface area (Å²) in [5.74, 6) is -1.01. The molecule has 12 heteroatoms. The Bertz CT molecular complexity index is 1560. The number of alkyl halides is 3. The first-order valence-corrected chi connectivity index (χ1v) is 12.0. The molecule has 2 atom stereocenters. The molecule has 2 unspecified atom stereocenters. The fourth-order valence-electron chi connectivity index (χ4n) is 4.71. The van der Waals surface area contributed by atoms with E-state index in [0.717, 1.165) is 35.2 Å². The summed E-state index contributed by atoms with van der Waals surface area (Å²) in [6.07, 6.45) is 3.44. The van der Waals surface area contributed by atoms with Crippen LogP contribution in [0.25, 0.3) is 22.2 Å². The highest BCUT2D eigenvalue weighted by Crippen LogP contribution is 2.40. The van der Waals surface area contributed by atoms with E-state index in [0.29, 0.717) is 37.4 Å². The predicted octanol–water partition coefficient (Wildman–Crippen LogP) is 4.72. The number of rotatable bonds is 4. The number of fused-ring (bicyclic) bond motifs is 1. The van der Waals surface area contributed by atoms with E-state index in [-0.39, 0.29) is 34.2 Å². The molecule has 8 nitrogen and oxygen atoms in total. The number of aromatic nitrogens is 6. The van der Waals surface area contributed by atoms with Crippen molar-refractivity contribution in [1.82, 2.24) is 29.5 Å². The highest BCUT2D eigenvalue weighted by molar-refractivity contribution is 5.91. The van der Waals surface area contributed by atoms with E-state index in [2.05, 4.69) is 20.2 Å². The molecule has 4 aromatic rings. The Hall–Kier alpha value is -3.67. The third kappa shape index (κ3) is 4.39. The van der Waals surface area contributed by atoms with Crippen LogP contribution in [0.3, 0.4) is 0 Å². The summed E-state index contributed by atoms with van der Waals surface area (Å²) in [4.78, 5) is 22.0. The number of hydrogen-bond acceptors (Lipinski definition) is 6. The molecule has 1 aliphatic heterocycles. The summed E-state index contributed by atoms with van der Waals surface area (Å²) < 4.78 is 63.4. The van der Waals surface area contributed by atoms with E-state index in [1.165, 1.54) is 13.2 Å². The summed E-state index contributed by atoms with van der Waals surface area (Å²) >= 11 is 0. The Kier molecular flexibility index (Phi) is 5.59. The maximum Gasteiger partial charge on any atom is 0.416 e. The highest BCUT2D eigenvalue weighted by atomic mass is 19.4. The molecule has 192 valence electrons. The highest BCUT2D eigenvalue weighted by Gasteiger charge is 2.33. The molecule has 2 fully saturated rings. The van der Waals surface area contributed by atoms with Gasteiger partial charge in [0.15, 0.2) is 0 Å². The van der Waals surface area contributed by atoms with Crippen LogP contribution in [0.15, 0.2) is 41.6 Å². The van der Waals surface area contributed by atoms with Crippen LogP contribution in [0, 0.1) is 5.82 Å². The van der Waals surface area contributed by atoms with Gasteiger partial charge in [0.1, 0.15) is 17.2 Å². The first kappa shape index (κ1) is 23.7. The van der Waals surface area contributed by atoms with Gasteiger partial charge in [-0.15, -0.1) is 0 Å². The molecule has 1 saturated carbocycles. The van der Waals surface area contributed by atoms with Crippen molar-refractivity contribution < 1.29 is 22.3 Å². The van der Waals surface area contributed by atoms with Gasteiger partial charge >= 0.3 is 6.18 Å². The van der Waals surface area contributed by atoms with Crippen LogP contribution in [-0.2, 0) is 18.0 Å². The van der Waals surface area contributed by atoms with Gasteiger partial charge in [0, 0.05) is 36.9 Å². The second-order valence-corrected chi connectivity index (χ2v) is 9.52. The lowest BCUT2D eigenvalue weighted by molar-refractivity contribution is -0.137. The summed E-state index contributed by atoms with van der Waals surface area (Å²) in [5, 5.41) is 8.59. The standard InChI is InChI=1S/C25H22F4N6O2/c1-34-24(36)22-18(11-30-34)21(17-5-2-15(9-19(17)26)25(27,28)29)32-23(33-22)13-6-7-37-20(8-13)14-10-31-35(12-14)16-3-4-16/h2,5,9-13,16,20H,3-4,6-8H2,1H3. The van der Waals surface area contributed by atoms with Gasteiger partial charge in [0.2, 0.25) is 0 Å². The van der Waals surface area contributed by atoms with E-state index in [4.69, 9.17) is 4.74 Å². The first-order chi connectivity index (χ1) is 17.7. The Morgan fingerprint density at radius 3 is 2.62 bits per heavy atom. The van der Waals surface area contributed by atoms with Crippen molar-refractivity contribution in [2.24, 2.45) is 7.05 Å². The van der Waals surface area contributed by atoms with Crippen LogP contribution in [0.4, 0.5) is 17.6 Å². The van der Waals surface area contributed by atoms with Gasteiger partial charge in [-0.05, 0) is 43.9 Å². The molecule has 1 aliphatic carbocycles. The Labute approximate surface area is 207 Å². The SMILES string of the molecule is Cn1ncc2c(-c3ccc(C(F)(F)F)cc3F)nc(C3CCOC(c4cnn(C5CC5)c4)C3)nc2c1=O. The molecule has 0 radical (unpaired) electrons. The molecule has 0 spiro atoms. The molecule has 1 aromatic carbocycles. The van der Waals surface area contributed by atoms with Crippen LogP contribution >= 0.6 is 0 Å². The average molecular weight is 514 g/mol. The van der Waals surface area contributed by atoms with Gasteiger partial charge in [0.05, 0.1) is 41.2 Å². The molecule has 37 heavy (non-hydrogen) atoms. The lowest BCUT2D eigenvalue weighted by Gasteiger charge is -2.28. The van der Waals surface area contributed by atoms with Gasteiger partial charge in [0.25, 0.3) is 5.56 Å². The monoisotopic (exact) mass is 514 g/mol. The maximum absolute atomic E-state index is 15.0. The van der Waals surface area contributed by atoms with Crippen molar-refractivity contribution >= 4 is 10.9 Å².